The van der Waals surface area contributed by atoms with Crippen LogP contribution in [0.15, 0.2) is 53.5 Å². The number of carbonyl (C=O) groups excluding carboxylic acids is 1. The quantitative estimate of drug-likeness (QED) is 0.400. The van der Waals surface area contributed by atoms with E-state index in [-0.39, 0.29) is 54.7 Å². The van der Waals surface area contributed by atoms with Crippen molar-refractivity contribution in [2.75, 3.05) is 13.2 Å². The summed E-state index contributed by atoms with van der Waals surface area (Å²) in [6.07, 6.45) is -0.986. The molecule has 10 heteroatoms. The van der Waals surface area contributed by atoms with Gasteiger partial charge in [-0.15, -0.1) is 0 Å². The minimum atomic E-state index is -4.55. The molecule has 0 radical (unpaired) electrons. The number of hydrogen-bond donors (Lipinski definition) is 2. The lowest BCUT2D eigenvalue weighted by Crippen LogP contribution is -2.42. The zero-order chi connectivity index (χ0) is 29.1. The number of rotatable bonds is 7. The average molecular weight is 560 g/mol. The Balaban J connectivity index is 1.61. The van der Waals surface area contributed by atoms with Gasteiger partial charge in [0, 0.05) is 18.2 Å². The Morgan fingerprint density at radius 1 is 1.02 bits per heavy atom. The van der Waals surface area contributed by atoms with Crippen molar-refractivity contribution >= 4 is 23.6 Å². The van der Waals surface area contributed by atoms with Crippen LogP contribution in [0, 0.1) is 11.3 Å². The fourth-order valence-corrected chi connectivity index (χ4v) is 5.57. The molecule has 1 saturated heterocycles. The summed E-state index contributed by atoms with van der Waals surface area (Å²) in [5, 5.41) is 11.4. The Labute approximate surface area is 232 Å². The number of carboxylic acid groups (broad SMARTS) is 1. The molecular weight excluding hydrogens is 523 g/mol. The van der Waals surface area contributed by atoms with Gasteiger partial charge in [-0.1, -0.05) is 45.0 Å². The van der Waals surface area contributed by atoms with E-state index in [1.165, 1.54) is 18.2 Å². The summed E-state index contributed by atoms with van der Waals surface area (Å²) < 4.78 is 47.1. The number of ether oxygens (including phenoxy) is 1. The van der Waals surface area contributed by atoms with Crippen molar-refractivity contribution < 1.29 is 32.6 Å². The molecule has 0 spiro atoms. The van der Waals surface area contributed by atoms with Crippen LogP contribution in [0.25, 0.3) is 0 Å². The van der Waals surface area contributed by atoms with Crippen molar-refractivity contribution in [3.63, 3.8) is 0 Å². The third kappa shape index (κ3) is 6.95. The third-order valence-corrected chi connectivity index (χ3v) is 7.85. The zero-order valence-electron chi connectivity index (χ0n) is 23.0. The molecule has 2 aliphatic rings. The maximum Gasteiger partial charge on any atom is 0.418 e. The lowest BCUT2D eigenvalue weighted by atomic mass is 9.71. The first-order valence-electron chi connectivity index (χ1n) is 13.6. The van der Waals surface area contributed by atoms with Crippen LogP contribution in [-0.4, -0.2) is 47.1 Å². The molecule has 2 aromatic rings. The highest BCUT2D eigenvalue weighted by Gasteiger charge is 2.41. The van der Waals surface area contributed by atoms with E-state index >= 15 is 0 Å². The van der Waals surface area contributed by atoms with Crippen LogP contribution >= 0.6 is 0 Å². The predicted octanol–water partition coefficient (Wildman–Crippen LogP) is 6.58. The van der Waals surface area contributed by atoms with Gasteiger partial charge in [-0.05, 0) is 66.8 Å². The molecule has 1 unspecified atom stereocenters. The average Bonchev–Trinajstić information content (AvgIpc) is 3.31. The second-order valence-electron chi connectivity index (χ2n) is 11.5. The SMILES string of the molecule is CC(C)(C)C1CCC(N2C(=Nc3ccccc3C(F)(F)F)OCC2c2ccc(C(=O)NCCC(=O)O)cc2)CC1. The standard InChI is InChI=1S/C30H36F3N3O4/c1-29(2,3)21-12-14-22(15-13-21)36-25(19-8-10-20(11-9-19)27(39)34-17-16-26(37)38)18-40-28(36)35-24-7-5-4-6-23(24)30(31,32)33/h4-11,21-22,25H,12-18H2,1-3H3,(H,34,39)(H,37,38). The molecule has 1 atom stereocenters. The number of amidine groups is 1. The van der Waals surface area contributed by atoms with Gasteiger partial charge in [0.25, 0.3) is 11.9 Å². The zero-order valence-corrected chi connectivity index (χ0v) is 23.0. The number of amides is 1. The van der Waals surface area contributed by atoms with Crippen molar-refractivity contribution in [3.8, 4) is 0 Å². The predicted molar refractivity (Wildman–Crippen MR) is 145 cm³/mol. The highest BCUT2D eigenvalue weighted by molar-refractivity contribution is 5.94. The van der Waals surface area contributed by atoms with E-state index in [1.54, 1.807) is 24.3 Å². The number of para-hydroxylation sites is 1. The van der Waals surface area contributed by atoms with Gasteiger partial charge >= 0.3 is 12.1 Å². The van der Waals surface area contributed by atoms with E-state index in [4.69, 9.17) is 9.84 Å². The van der Waals surface area contributed by atoms with Gasteiger partial charge in [-0.2, -0.15) is 18.2 Å². The lowest BCUT2D eigenvalue weighted by molar-refractivity contribution is -0.137. The lowest BCUT2D eigenvalue weighted by Gasteiger charge is -2.41. The summed E-state index contributed by atoms with van der Waals surface area (Å²) in [7, 11) is 0. The number of nitrogens with one attached hydrogen (secondary N) is 1. The van der Waals surface area contributed by atoms with E-state index in [1.807, 2.05) is 4.90 Å². The topological polar surface area (TPSA) is 91.2 Å². The Morgan fingerprint density at radius 2 is 1.68 bits per heavy atom. The highest BCUT2D eigenvalue weighted by atomic mass is 19.4. The van der Waals surface area contributed by atoms with Gasteiger partial charge in [0.1, 0.15) is 6.61 Å². The van der Waals surface area contributed by atoms with Gasteiger partial charge in [0.2, 0.25) is 0 Å². The van der Waals surface area contributed by atoms with Gasteiger partial charge in [-0.25, -0.2) is 0 Å². The van der Waals surface area contributed by atoms with Crippen LogP contribution in [0.4, 0.5) is 18.9 Å². The van der Waals surface area contributed by atoms with Crippen molar-refractivity contribution in [1.29, 1.82) is 0 Å². The first-order chi connectivity index (χ1) is 18.8. The molecule has 1 saturated carbocycles. The molecule has 2 fully saturated rings. The Morgan fingerprint density at radius 3 is 2.27 bits per heavy atom. The highest BCUT2D eigenvalue weighted by Crippen LogP contribution is 2.43. The van der Waals surface area contributed by atoms with Crippen LogP contribution in [0.1, 0.15) is 80.4 Å². The summed E-state index contributed by atoms with van der Waals surface area (Å²) in [6.45, 7) is 6.95. The minimum Gasteiger partial charge on any atom is -0.481 e. The monoisotopic (exact) mass is 559 g/mol. The molecule has 1 aliphatic carbocycles. The molecule has 1 amide bonds. The van der Waals surface area contributed by atoms with Gasteiger partial charge in [0.05, 0.1) is 23.7 Å². The summed E-state index contributed by atoms with van der Waals surface area (Å²) in [4.78, 5) is 29.5. The summed E-state index contributed by atoms with van der Waals surface area (Å²) in [6, 6.07) is 12.1. The maximum absolute atomic E-state index is 13.7. The number of carboxylic acids is 1. The third-order valence-electron chi connectivity index (χ3n) is 7.85. The number of alkyl halides is 3. The van der Waals surface area contributed by atoms with Crippen molar-refractivity contribution in [2.24, 2.45) is 16.3 Å². The maximum atomic E-state index is 13.7. The van der Waals surface area contributed by atoms with E-state index < -0.39 is 17.7 Å². The van der Waals surface area contributed by atoms with E-state index in [0.717, 1.165) is 37.3 Å². The largest absolute Gasteiger partial charge is 0.481 e. The fourth-order valence-electron chi connectivity index (χ4n) is 5.57. The van der Waals surface area contributed by atoms with Gasteiger partial charge in [0.15, 0.2) is 0 Å². The summed E-state index contributed by atoms with van der Waals surface area (Å²) in [5.41, 5.74) is 0.416. The molecule has 1 aliphatic heterocycles. The second-order valence-corrected chi connectivity index (χ2v) is 11.5. The fraction of sp³-hybridized carbons (Fsp3) is 0.500. The van der Waals surface area contributed by atoms with Gasteiger partial charge < -0.3 is 20.1 Å². The molecule has 0 aromatic heterocycles. The molecule has 216 valence electrons. The van der Waals surface area contributed by atoms with E-state index in [2.05, 4.69) is 31.1 Å². The van der Waals surface area contributed by atoms with E-state index in [9.17, 15) is 22.8 Å². The number of halogens is 3. The molecular formula is C30H36F3N3O4. The molecule has 1 heterocycles. The Kier molecular flexibility index (Phi) is 8.75. The molecule has 7 nitrogen and oxygen atoms in total. The number of benzene rings is 2. The van der Waals surface area contributed by atoms with Crippen LogP contribution < -0.4 is 5.32 Å². The Hall–Kier alpha value is -3.56. The van der Waals surface area contributed by atoms with Crippen LogP contribution in [-0.2, 0) is 15.7 Å². The number of nitrogens with zero attached hydrogens (tertiary/aromatic N) is 2. The molecule has 40 heavy (non-hydrogen) atoms. The summed E-state index contributed by atoms with van der Waals surface area (Å²) in [5.74, 6) is -0.821. The normalized spacial score (nSPS) is 22.7. The molecule has 4 rings (SSSR count). The van der Waals surface area contributed by atoms with Crippen molar-refractivity contribution in [3.05, 3.63) is 65.2 Å². The second kappa shape index (κ2) is 11.9. The van der Waals surface area contributed by atoms with Gasteiger partial charge in [-0.3, -0.25) is 9.59 Å². The van der Waals surface area contributed by atoms with Crippen molar-refractivity contribution in [2.45, 2.75) is 71.1 Å². The first kappa shape index (κ1) is 29.4. The van der Waals surface area contributed by atoms with Crippen LogP contribution in [0.3, 0.4) is 0 Å². The molecule has 2 aromatic carbocycles. The number of hydrogen-bond acceptors (Lipinski definition) is 4. The number of aliphatic carboxylic acids is 1. The number of carbonyl (C=O) groups is 2. The molecule has 0 bridgehead atoms. The van der Waals surface area contributed by atoms with E-state index in [0.29, 0.717) is 11.5 Å². The summed E-state index contributed by atoms with van der Waals surface area (Å²) >= 11 is 0. The minimum absolute atomic E-state index is 0.0244. The Bertz CT molecular complexity index is 1230. The first-order valence-corrected chi connectivity index (χ1v) is 13.6. The van der Waals surface area contributed by atoms with Crippen molar-refractivity contribution in [1.82, 2.24) is 10.2 Å². The number of aliphatic imine (C=N–C) groups is 1. The smallest absolute Gasteiger partial charge is 0.418 e. The van der Waals surface area contributed by atoms with Crippen LogP contribution in [0.5, 0.6) is 0 Å². The molecule has 2 N–H and O–H groups in total. The van der Waals surface area contributed by atoms with Crippen LogP contribution in [0.2, 0.25) is 0 Å².